The van der Waals surface area contributed by atoms with Gasteiger partial charge in [-0.1, -0.05) is 25.1 Å². The molecule has 32 heavy (non-hydrogen) atoms. The molecular weight excluding hydrogens is 426 g/mol. The first-order chi connectivity index (χ1) is 15.3. The quantitative estimate of drug-likeness (QED) is 0.475. The van der Waals surface area contributed by atoms with Crippen molar-refractivity contribution in [2.45, 2.75) is 45.8 Å². The largest absolute Gasteiger partial charge is 0.441 e. The Morgan fingerprint density at radius 1 is 1.06 bits per heavy atom. The number of piperazine rings is 1. The van der Waals surface area contributed by atoms with E-state index in [1.807, 2.05) is 31.2 Å². The highest BCUT2D eigenvalue weighted by atomic mass is 32.2. The van der Waals surface area contributed by atoms with Gasteiger partial charge in [0.1, 0.15) is 17.3 Å². The smallest absolute Gasteiger partial charge is 0.226 e. The summed E-state index contributed by atoms with van der Waals surface area (Å²) in [5, 5.41) is 0. The molecule has 1 aromatic carbocycles. The van der Waals surface area contributed by atoms with E-state index in [1.165, 1.54) is 0 Å². The van der Waals surface area contributed by atoms with Gasteiger partial charge in [-0.05, 0) is 51.4 Å². The van der Waals surface area contributed by atoms with E-state index in [0.29, 0.717) is 23.8 Å². The van der Waals surface area contributed by atoms with E-state index in [9.17, 15) is 13.2 Å². The first kappa shape index (κ1) is 24.6. The van der Waals surface area contributed by atoms with Crippen molar-refractivity contribution in [2.24, 2.45) is 0 Å². The predicted octanol–water partition coefficient (Wildman–Crippen LogP) is 3.25. The molecule has 8 heteroatoms. The molecule has 176 valence electrons. The Hall–Kier alpha value is -2.03. The maximum absolute atomic E-state index is 12.6. The summed E-state index contributed by atoms with van der Waals surface area (Å²) in [5.74, 6) is -0.0454. The van der Waals surface area contributed by atoms with Crippen molar-refractivity contribution in [1.29, 1.82) is 0 Å². The van der Waals surface area contributed by atoms with Crippen molar-refractivity contribution in [1.82, 2.24) is 14.8 Å². The zero-order chi connectivity index (χ0) is 23.1. The Labute approximate surface area is 191 Å². The Bertz CT molecular complexity index is 1010. The molecule has 0 unspecified atom stereocenters. The number of likely N-dealkylation sites (N-methyl/N-ethyl adjacent to an activating group) is 1. The Balaban J connectivity index is 1.45. The van der Waals surface area contributed by atoms with Crippen LogP contribution in [0.3, 0.4) is 0 Å². The lowest BCUT2D eigenvalue weighted by Gasteiger charge is -2.33. The fraction of sp³-hybridized carbons (Fsp3) is 0.583. The number of unbranched alkanes of at least 4 members (excludes halogenated alkanes) is 1. The molecule has 3 rings (SSSR count). The normalized spacial score (nSPS) is 15.8. The van der Waals surface area contributed by atoms with Crippen molar-refractivity contribution >= 4 is 15.6 Å². The molecule has 0 atom stereocenters. The average molecular weight is 462 g/mol. The summed E-state index contributed by atoms with van der Waals surface area (Å²) in [6.45, 7) is 12.2. The minimum absolute atomic E-state index is 0.221. The van der Waals surface area contributed by atoms with Gasteiger partial charge in [0.15, 0.2) is 9.84 Å². The number of aryl methyl sites for hydroxylation is 2. The van der Waals surface area contributed by atoms with Gasteiger partial charge in [-0.2, -0.15) is 0 Å². The van der Waals surface area contributed by atoms with Crippen molar-refractivity contribution in [2.75, 3.05) is 45.0 Å². The van der Waals surface area contributed by atoms with Crippen molar-refractivity contribution in [3.8, 4) is 11.5 Å². The SMILES string of the molecule is CCN1CCN(CCCCC(=O)CS(=O)(=O)Cc2nc(-c3ccccc3C)oc2C)CC1. The molecule has 1 saturated heterocycles. The minimum Gasteiger partial charge on any atom is -0.441 e. The first-order valence-electron chi connectivity index (χ1n) is 11.5. The van der Waals surface area contributed by atoms with Crippen LogP contribution in [0.15, 0.2) is 28.7 Å². The second-order valence-electron chi connectivity index (χ2n) is 8.64. The van der Waals surface area contributed by atoms with Crippen LogP contribution in [0.4, 0.5) is 0 Å². The number of ketones is 1. The molecule has 1 fully saturated rings. The summed E-state index contributed by atoms with van der Waals surface area (Å²) in [4.78, 5) is 21.6. The second kappa shape index (κ2) is 11.2. The molecule has 1 aromatic heterocycles. The number of sulfone groups is 1. The Morgan fingerprint density at radius 2 is 1.75 bits per heavy atom. The second-order valence-corrected chi connectivity index (χ2v) is 10.7. The van der Waals surface area contributed by atoms with Gasteiger partial charge in [-0.15, -0.1) is 0 Å². The maximum atomic E-state index is 12.6. The number of aromatic nitrogens is 1. The summed E-state index contributed by atoms with van der Waals surface area (Å²) in [7, 11) is -3.59. The molecule has 0 N–H and O–H groups in total. The summed E-state index contributed by atoms with van der Waals surface area (Å²) >= 11 is 0. The van der Waals surface area contributed by atoms with Crippen LogP contribution in [0, 0.1) is 13.8 Å². The average Bonchev–Trinajstić information content (AvgIpc) is 3.10. The number of oxazole rings is 1. The van der Waals surface area contributed by atoms with Crippen LogP contribution < -0.4 is 0 Å². The van der Waals surface area contributed by atoms with Gasteiger partial charge in [0.2, 0.25) is 5.89 Å². The van der Waals surface area contributed by atoms with Crippen LogP contribution in [-0.4, -0.2) is 74.0 Å². The van der Waals surface area contributed by atoms with E-state index in [-0.39, 0.29) is 11.5 Å². The van der Waals surface area contributed by atoms with Gasteiger partial charge in [-0.3, -0.25) is 4.79 Å². The molecule has 2 heterocycles. The van der Waals surface area contributed by atoms with Crippen LogP contribution in [0.1, 0.15) is 43.2 Å². The monoisotopic (exact) mass is 461 g/mol. The van der Waals surface area contributed by atoms with Crippen LogP contribution in [0.5, 0.6) is 0 Å². The van der Waals surface area contributed by atoms with Crippen LogP contribution in [0.25, 0.3) is 11.5 Å². The topological polar surface area (TPSA) is 83.7 Å². The van der Waals surface area contributed by atoms with Crippen LogP contribution in [-0.2, 0) is 20.4 Å². The summed E-state index contributed by atoms with van der Waals surface area (Å²) in [5.41, 5.74) is 2.22. The molecular formula is C24H35N3O4S. The van der Waals surface area contributed by atoms with E-state index in [1.54, 1.807) is 6.92 Å². The maximum Gasteiger partial charge on any atom is 0.226 e. The van der Waals surface area contributed by atoms with Gasteiger partial charge in [0, 0.05) is 38.2 Å². The molecule has 0 aliphatic carbocycles. The highest BCUT2D eigenvalue weighted by Gasteiger charge is 2.22. The number of hydrogen-bond donors (Lipinski definition) is 0. The molecule has 2 aromatic rings. The van der Waals surface area contributed by atoms with Crippen LogP contribution >= 0.6 is 0 Å². The number of carbonyl (C=O) groups excluding carboxylic acids is 1. The van der Waals surface area contributed by atoms with E-state index in [4.69, 9.17) is 4.42 Å². The molecule has 0 spiro atoms. The number of carbonyl (C=O) groups is 1. The molecule has 7 nitrogen and oxygen atoms in total. The van der Waals surface area contributed by atoms with Crippen molar-refractivity contribution in [3.05, 3.63) is 41.3 Å². The van der Waals surface area contributed by atoms with E-state index in [0.717, 1.165) is 63.2 Å². The van der Waals surface area contributed by atoms with Gasteiger partial charge >= 0.3 is 0 Å². The number of rotatable bonds is 11. The fourth-order valence-electron chi connectivity index (χ4n) is 4.05. The molecule has 0 amide bonds. The van der Waals surface area contributed by atoms with E-state index < -0.39 is 15.6 Å². The summed E-state index contributed by atoms with van der Waals surface area (Å²) in [6.07, 6.45) is 1.95. The van der Waals surface area contributed by atoms with E-state index in [2.05, 4.69) is 21.7 Å². The molecule has 1 aliphatic heterocycles. The standard InChI is InChI=1S/C24H35N3O4S/c1-4-26-13-15-27(16-14-26)12-8-7-10-21(28)17-32(29,30)18-23-20(3)31-24(25-23)22-11-6-5-9-19(22)2/h5-6,9,11H,4,7-8,10,12-18H2,1-3H3. The predicted molar refractivity (Wildman–Crippen MR) is 126 cm³/mol. The molecule has 0 bridgehead atoms. The van der Waals surface area contributed by atoms with Gasteiger partial charge in [-0.25, -0.2) is 13.4 Å². The highest BCUT2D eigenvalue weighted by Crippen LogP contribution is 2.25. The van der Waals surface area contributed by atoms with Gasteiger partial charge < -0.3 is 14.2 Å². The fourth-order valence-corrected chi connectivity index (χ4v) is 5.47. The number of nitrogens with zero attached hydrogens (tertiary/aromatic N) is 3. The zero-order valence-corrected chi connectivity index (χ0v) is 20.3. The lowest BCUT2D eigenvalue weighted by Crippen LogP contribution is -2.46. The Morgan fingerprint density at radius 3 is 2.44 bits per heavy atom. The third-order valence-electron chi connectivity index (χ3n) is 6.10. The summed E-state index contributed by atoms with van der Waals surface area (Å²) < 4.78 is 30.9. The van der Waals surface area contributed by atoms with Crippen molar-refractivity contribution in [3.63, 3.8) is 0 Å². The first-order valence-corrected chi connectivity index (χ1v) is 13.3. The molecule has 0 saturated carbocycles. The third kappa shape index (κ3) is 6.98. The minimum atomic E-state index is -3.59. The van der Waals surface area contributed by atoms with Gasteiger partial charge in [0.25, 0.3) is 0 Å². The highest BCUT2D eigenvalue weighted by molar-refractivity contribution is 7.91. The third-order valence-corrected chi connectivity index (χ3v) is 7.57. The van der Waals surface area contributed by atoms with Gasteiger partial charge in [0.05, 0.1) is 11.4 Å². The lowest BCUT2D eigenvalue weighted by molar-refractivity contribution is -0.116. The van der Waals surface area contributed by atoms with Crippen molar-refractivity contribution < 1.29 is 17.6 Å². The van der Waals surface area contributed by atoms with E-state index >= 15 is 0 Å². The molecule has 0 radical (unpaired) electrons. The molecule has 1 aliphatic rings. The lowest BCUT2D eigenvalue weighted by atomic mass is 10.1. The number of benzene rings is 1. The zero-order valence-electron chi connectivity index (χ0n) is 19.5. The van der Waals surface area contributed by atoms with Crippen LogP contribution in [0.2, 0.25) is 0 Å². The number of hydrogen-bond acceptors (Lipinski definition) is 7. The summed E-state index contributed by atoms with van der Waals surface area (Å²) in [6, 6.07) is 7.67. The number of Topliss-reactive ketones (excluding diaryl/α,β-unsaturated/α-hetero) is 1. The Kier molecular flexibility index (Phi) is 8.62.